The summed E-state index contributed by atoms with van der Waals surface area (Å²) >= 11 is 0. The Hall–Kier alpha value is -0.890. The summed E-state index contributed by atoms with van der Waals surface area (Å²) in [6.45, 7) is 10.2. The van der Waals surface area contributed by atoms with Gasteiger partial charge in [-0.05, 0) is 48.9 Å². The van der Waals surface area contributed by atoms with Crippen molar-refractivity contribution in [3.8, 4) is 0 Å². The standard InChI is InChI=1S/C16H28N2/c1-5-11-18-15(7-6-10-16(2,3)4)14-8-12-17-13-9-14/h8-9,12-13,15,18H,5-7,10-11H2,1-4H3. The molecule has 0 saturated carbocycles. The maximum Gasteiger partial charge on any atom is 0.0321 e. The van der Waals surface area contributed by atoms with E-state index in [0.29, 0.717) is 11.5 Å². The Labute approximate surface area is 112 Å². The van der Waals surface area contributed by atoms with E-state index in [1.165, 1.54) is 31.2 Å². The average Bonchev–Trinajstić information content (AvgIpc) is 2.33. The highest BCUT2D eigenvalue weighted by atomic mass is 14.9. The number of aromatic nitrogens is 1. The van der Waals surface area contributed by atoms with Crippen LogP contribution < -0.4 is 5.32 Å². The predicted molar refractivity (Wildman–Crippen MR) is 78.6 cm³/mol. The quantitative estimate of drug-likeness (QED) is 0.776. The SMILES string of the molecule is CCCNC(CCCC(C)(C)C)c1ccncc1. The molecular formula is C16H28N2. The van der Waals surface area contributed by atoms with Gasteiger partial charge >= 0.3 is 0 Å². The van der Waals surface area contributed by atoms with Crippen LogP contribution in [0.15, 0.2) is 24.5 Å². The second kappa shape index (κ2) is 7.52. The normalized spacial score (nSPS) is 13.6. The van der Waals surface area contributed by atoms with Crippen LogP contribution >= 0.6 is 0 Å². The van der Waals surface area contributed by atoms with Crippen molar-refractivity contribution >= 4 is 0 Å². The molecule has 102 valence electrons. The van der Waals surface area contributed by atoms with Gasteiger partial charge in [-0.3, -0.25) is 4.98 Å². The lowest BCUT2D eigenvalue weighted by Gasteiger charge is -2.22. The zero-order valence-electron chi connectivity index (χ0n) is 12.4. The summed E-state index contributed by atoms with van der Waals surface area (Å²) in [6, 6.07) is 4.74. The molecule has 0 spiro atoms. The van der Waals surface area contributed by atoms with Crippen molar-refractivity contribution in [2.24, 2.45) is 5.41 Å². The van der Waals surface area contributed by atoms with Crippen LogP contribution in [0.2, 0.25) is 0 Å². The van der Waals surface area contributed by atoms with E-state index in [1.807, 2.05) is 12.4 Å². The second-order valence-corrected chi connectivity index (χ2v) is 6.24. The Morgan fingerprint density at radius 3 is 2.44 bits per heavy atom. The van der Waals surface area contributed by atoms with Crippen LogP contribution in [-0.4, -0.2) is 11.5 Å². The molecule has 1 N–H and O–H groups in total. The monoisotopic (exact) mass is 248 g/mol. The molecule has 2 heteroatoms. The molecule has 0 aromatic carbocycles. The number of pyridine rings is 1. The molecule has 1 rings (SSSR count). The number of hydrogen-bond acceptors (Lipinski definition) is 2. The highest BCUT2D eigenvalue weighted by molar-refractivity contribution is 5.14. The smallest absolute Gasteiger partial charge is 0.0321 e. The lowest BCUT2D eigenvalue weighted by Crippen LogP contribution is -2.22. The molecule has 0 amide bonds. The Balaban J connectivity index is 2.51. The van der Waals surface area contributed by atoms with Crippen molar-refractivity contribution in [2.45, 2.75) is 59.4 Å². The molecule has 0 fully saturated rings. The summed E-state index contributed by atoms with van der Waals surface area (Å²) in [5.74, 6) is 0. The molecule has 0 radical (unpaired) electrons. The fourth-order valence-electron chi connectivity index (χ4n) is 2.14. The molecular weight excluding hydrogens is 220 g/mol. The van der Waals surface area contributed by atoms with E-state index in [9.17, 15) is 0 Å². The van der Waals surface area contributed by atoms with Gasteiger partial charge in [-0.2, -0.15) is 0 Å². The van der Waals surface area contributed by atoms with Crippen LogP contribution in [0.5, 0.6) is 0 Å². The van der Waals surface area contributed by atoms with E-state index >= 15 is 0 Å². The van der Waals surface area contributed by atoms with E-state index in [0.717, 1.165) is 6.54 Å². The molecule has 0 bridgehead atoms. The molecule has 18 heavy (non-hydrogen) atoms. The highest BCUT2D eigenvalue weighted by Crippen LogP contribution is 2.25. The van der Waals surface area contributed by atoms with E-state index in [1.54, 1.807) is 0 Å². The number of nitrogens with zero attached hydrogens (tertiary/aromatic N) is 1. The third kappa shape index (κ3) is 6.15. The molecule has 1 aromatic rings. The lowest BCUT2D eigenvalue weighted by molar-refractivity contribution is 0.343. The van der Waals surface area contributed by atoms with Gasteiger partial charge in [0.05, 0.1) is 0 Å². The zero-order valence-corrected chi connectivity index (χ0v) is 12.4. The van der Waals surface area contributed by atoms with Crippen molar-refractivity contribution in [1.82, 2.24) is 10.3 Å². The molecule has 1 unspecified atom stereocenters. The highest BCUT2D eigenvalue weighted by Gasteiger charge is 2.14. The molecule has 1 aromatic heterocycles. The molecule has 1 heterocycles. The molecule has 0 saturated heterocycles. The number of hydrogen-bond donors (Lipinski definition) is 1. The Morgan fingerprint density at radius 2 is 1.89 bits per heavy atom. The summed E-state index contributed by atoms with van der Waals surface area (Å²) < 4.78 is 0. The fraction of sp³-hybridized carbons (Fsp3) is 0.688. The minimum atomic E-state index is 0.438. The van der Waals surface area contributed by atoms with Gasteiger partial charge in [0.15, 0.2) is 0 Å². The second-order valence-electron chi connectivity index (χ2n) is 6.24. The van der Waals surface area contributed by atoms with Crippen molar-refractivity contribution in [3.63, 3.8) is 0 Å². The van der Waals surface area contributed by atoms with Gasteiger partial charge in [-0.25, -0.2) is 0 Å². The van der Waals surface area contributed by atoms with Crippen LogP contribution in [0, 0.1) is 5.41 Å². The van der Waals surface area contributed by atoms with Crippen LogP contribution in [0.1, 0.15) is 65.0 Å². The maximum atomic E-state index is 4.10. The van der Waals surface area contributed by atoms with Crippen molar-refractivity contribution < 1.29 is 0 Å². The van der Waals surface area contributed by atoms with Crippen LogP contribution in [0.4, 0.5) is 0 Å². The minimum Gasteiger partial charge on any atom is -0.310 e. The van der Waals surface area contributed by atoms with E-state index in [-0.39, 0.29) is 0 Å². The largest absolute Gasteiger partial charge is 0.310 e. The number of nitrogens with one attached hydrogen (secondary N) is 1. The zero-order chi connectivity index (χ0) is 13.4. The average molecular weight is 248 g/mol. The number of rotatable bonds is 7. The summed E-state index contributed by atoms with van der Waals surface area (Å²) in [7, 11) is 0. The summed E-state index contributed by atoms with van der Waals surface area (Å²) in [6.07, 6.45) is 8.72. The predicted octanol–water partition coefficient (Wildman–Crippen LogP) is 4.34. The van der Waals surface area contributed by atoms with E-state index in [4.69, 9.17) is 0 Å². The van der Waals surface area contributed by atoms with Gasteiger partial charge in [0.1, 0.15) is 0 Å². The fourth-order valence-corrected chi connectivity index (χ4v) is 2.14. The van der Waals surface area contributed by atoms with Gasteiger partial charge in [0.2, 0.25) is 0 Å². The third-order valence-corrected chi connectivity index (χ3v) is 3.17. The van der Waals surface area contributed by atoms with Crippen LogP contribution in [-0.2, 0) is 0 Å². The molecule has 0 aliphatic heterocycles. The molecule has 2 nitrogen and oxygen atoms in total. The van der Waals surface area contributed by atoms with Crippen molar-refractivity contribution in [1.29, 1.82) is 0 Å². The molecule has 0 aliphatic carbocycles. The van der Waals surface area contributed by atoms with Crippen LogP contribution in [0.3, 0.4) is 0 Å². The van der Waals surface area contributed by atoms with E-state index < -0.39 is 0 Å². The van der Waals surface area contributed by atoms with Crippen molar-refractivity contribution in [3.05, 3.63) is 30.1 Å². The Bertz CT molecular complexity index is 314. The minimum absolute atomic E-state index is 0.438. The Morgan fingerprint density at radius 1 is 1.22 bits per heavy atom. The first-order valence-corrected chi connectivity index (χ1v) is 7.16. The van der Waals surface area contributed by atoms with Gasteiger partial charge in [-0.15, -0.1) is 0 Å². The first-order chi connectivity index (χ1) is 8.53. The van der Waals surface area contributed by atoms with Crippen molar-refractivity contribution in [2.75, 3.05) is 6.54 Å². The maximum absolute atomic E-state index is 4.10. The van der Waals surface area contributed by atoms with E-state index in [2.05, 4.69) is 50.1 Å². The first kappa shape index (κ1) is 15.2. The van der Waals surface area contributed by atoms with Gasteiger partial charge in [0.25, 0.3) is 0 Å². The van der Waals surface area contributed by atoms with Gasteiger partial charge < -0.3 is 5.32 Å². The van der Waals surface area contributed by atoms with Crippen LogP contribution in [0.25, 0.3) is 0 Å². The summed E-state index contributed by atoms with van der Waals surface area (Å²) in [4.78, 5) is 4.10. The molecule has 0 aliphatic rings. The summed E-state index contributed by atoms with van der Waals surface area (Å²) in [5, 5.41) is 3.64. The van der Waals surface area contributed by atoms with Gasteiger partial charge in [0, 0.05) is 18.4 Å². The Kier molecular flexibility index (Phi) is 6.34. The van der Waals surface area contributed by atoms with Gasteiger partial charge in [-0.1, -0.05) is 34.1 Å². The first-order valence-electron chi connectivity index (χ1n) is 7.16. The topological polar surface area (TPSA) is 24.9 Å². The lowest BCUT2D eigenvalue weighted by atomic mass is 9.88. The third-order valence-electron chi connectivity index (χ3n) is 3.17. The summed E-state index contributed by atoms with van der Waals surface area (Å²) in [5.41, 5.74) is 1.81. The molecule has 1 atom stereocenters.